The summed E-state index contributed by atoms with van der Waals surface area (Å²) in [6.07, 6.45) is 1.84. The van der Waals surface area contributed by atoms with E-state index in [0.29, 0.717) is 18.4 Å². The zero-order valence-corrected chi connectivity index (χ0v) is 14.0. The SMILES string of the molecule is CCCC[C@H](NC(=O)CN=C1NS(=O)(=O)c2ccccc21)C(=O)O. The first-order valence-corrected chi connectivity index (χ1v) is 9.02. The number of hydrogen-bond donors (Lipinski definition) is 3. The first-order chi connectivity index (χ1) is 11.3. The summed E-state index contributed by atoms with van der Waals surface area (Å²) in [5, 5.41) is 11.5. The van der Waals surface area contributed by atoms with Gasteiger partial charge in [0.25, 0.3) is 10.0 Å². The van der Waals surface area contributed by atoms with E-state index in [4.69, 9.17) is 5.11 Å². The molecule has 1 atom stereocenters. The fourth-order valence-electron chi connectivity index (χ4n) is 2.31. The lowest BCUT2D eigenvalue weighted by Gasteiger charge is -2.13. The standard InChI is InChI=1S/C15H19N3O5S/c1-2-3-7-11(15(20)21)17-13(19)9-16-14-10-6-4-5-8-12(10)24(22,23)18-14/h4-6,8,11H,2-3,7,9H2,1H3,(H,16,18)(H,17,19)(H,20,21)/t11-/m0/s1. The predicted octanol–water partition coefficient (Wildman–Crippen LogP) is 0.485. The fourth-order valence-corrected chi connectivity index (χ4v) is 3.56. The zero-order valence-electron chi connectivity index (χ0n) is 13.2. The second kappa shape index (κ2) is 7.43. The monoisotopic (exact) mass is 353 g/mol. The molecule has 24 heavy (non-hydrogen) atoms. The minimum atomic E-state index is -3.66. The van der Waals surface area contributed by atoms with E-state index in [1.807, 2.05) is 6.92 Å². The number of benzene rings is 1. The molecule has 0 fully saturated rings. The number of fused-ring (bicyclic) bond motifs is 1. The van der Waals surface area contributed by atoms with Gasteiger partial charge in [-0.15, -0.1) is 0 Å². The van der Waals surface area contributed by atoms with Crippen LogP contribution < -0.4 is 10.0 Å². The van der Waals surface area contributed by atoms with Crippen LogP contribution in [0.25, 0.3) is 0 Å². The first-order valence-electron chi connectivity index (χ1n) is 7.54. The van der Waals surface area contributed by atoms with Crippen molar-refractivity contribution in [2.75, 3.05) is 6.54 Å². The highest BCUT2D eigenvalue weighted by Gasteiger charge is 2.30. The number of aliphatic imine (C=N–C) groups is 1. The highest BCUT2D eigenvalue weighted by atomic mass is 32.2. The first kappa shape index (κ1) is 17.9. The number of amidine groups is 1. The van der Waals surface area contributed by atoms with Crippen LogP contribution in [-0.4, -0.2) is 43.8 Å². The Bertz CT molecular complexity index is 773. The van der Waals surface area contributed by atoms with Crippen LogP contribution in [0.15, 0.2) is 34.2 Å². The number of amides is 1. The van der Waals surface area contributed by atoms with Crippen LogP contribution in [-0.2, 0) is 19.6 Å². The number of nitrogens with zero attached hydrogens (tertiary/aromatic N) is 1. The van der Waals surface area contributed by atoms with Crippen LogP contribution in [0.4, 0.5) is 0 Å². The molecule has 0 radical (unpaired) electrons. The molecule has 0 unspecified atom stereocenters. The Balaban J connectivity index is 2.06. The Kier molecular flexibility index (Phi) is 5.55. The Morgan fingerprint density at radius 2 is 2.04 bits per heavy atom. The molecular formula is C15H19N3O5S. The van der Waals surface area contributed by atoms with Gasteiger partial charge in [0, 0.05) is 5.56 Å². The molecule has 0 bridgehead atoms. The third-order valence-corrected chi connectivity index (χ3v) is 4.92. The van der Waals surface area contributed by atoms with E-state index in [9.17, 15) is 18.0 Å². The van der Waals surface area contributed by atoms with Crippen molar-refractivity contribution in [3.63, 3.8) is 0 Å². The second-order valence-corrected chi connectivity index (χ2v) is 7.02. The van der Waals surface area contributed by atoms with Gasteiger partial charge in [0.2, 0.25) is 5.91 Å². The Morgan fingerprint density at radius 3 is 2.71 bits per heavy atom. The topological polar surface area (TPSA) is 125 Å². The van der Waals surface area contributed by atoms with Gasteiger partial charge in [-0.25, -0.2) is 13.2 Å². The molecule has 2 rings (SSSR count). The van der Waals surface area contributed by atoms with Crippen molar-refractivity contribution in [1.82, 2.24) is 10.0 Å². The molecule has 1 aliphatic rings. The van der Waals surface area contributed by atoms with Gasteiger partial charge in [0.15, 0.2) is 0 Å². The van der Waals surface area contributed by atoms with Crippen molar-refractivity contribution in [2.24, 2.45) is 4.99 Å². The van der Waals surface area contributed by atoms with Gasteiger partial charge in [-0.1, -0.05) is 31.9 Å². The number of aliphatic carboxylic acids is 1. The zero-order chi connectivity index (χ0) is 17.7. The lowest BCUT2D eigenvalue weighted by molar-refractivity contribution is -0.141. The quantitative estimate of drug-likeness (QED) is 0.658. The summed E-state index contributed by atoms with van der Waals surface area (Å²) in [4.78, 5) is 27.1. The number of carboxylic acids is 1. The van der Waals surface area contributed by atoms with Gasteiger partial charge in [-0.2, -0.15) is 0 Å². The Labute approximate surface area is 140 Å². The molecule has 3 N–H and O–H groups in total. The minimum Gasteiger partial charge on any atom is -0.480 e. The van der Waals surface area contributed by atoms with E-state index in [0.717, 1.165) is 6.42 Å². The molecule has 0 saturated carbocycles. The molecule has 1 aromatic rings. The molecule has 1 aliphatic heterocycles. The van der Waals surface area contributed by atoms with Gasteiger partial charge in [-0.05, 0) is 18.6 Å². The van der Waals surface area contributed by atoms with Gasteiger partial charge < -0.3 is 10.4 Å². The maximum atomic E-state index is 11.9. The van der Waals surface area contributed by atoms with Gasteiger partial charge in [-0.3, -0.25) is 14.5 Å². The summed E-state index contributed by atoms with van der Waals surface area (Å²) >= 11 is 0. The molecule has 1 amide bonds. The summed E-state index contributed by atoms with van der Waals surface area (Å²) < 4.78 is 26.1. The van der Waals surface area contributed by atoms with E-state index in [1.165, 1.54) is 6.07 Å². The molecule has 0 spiro atoms. The van der Waals surface area contributed by atoms with Crippen molar-refractivity contribution < 1.29 is 23.1 Å². The van der Waals surface area contributed by atoms with Crippen molar-refractivity contribution in [1.29, 1.82) is 0 Å². The minimum absolute atomic E-state index is 0.0844. The second-order valence-electron chi connectivity index (χ2n) is 5.37. The van der Waals surface area contributed by atoms with Crippen LogP contribution in [0.5, 0.6) is 0 Å². The van der Waals surface area contributed by atoms with Gasteiger partial charge >= 0.3 is 5.97 Å². The fraction of sp³-hybridized carbons (Fsp3) is 0.400. The van der Waals surface area contributed by atoms with E-state index in [-0.39, 0.29) is 17.3 Å². The number of unbranched alkanes of at least 4 members (excludes halogenated alkanes) is 1. The smallest absolute Gasteiger partial charge is 0.326 e. The van der Waals surface area contributed by atoms with Gasteiger partial charge in [0.1, 0.15) is 18.4 Å². The summed E-state index contributed by atoms with van der Waals surface area (Å²) in [6.45, 7) is 1.57. The molecule has 0 aliphatic carbocycles. The summed E-state index contributed by atoms with van der Waals surface area (Å²) in [5.74, 6) is -1.59. The lowest BCUT2D eigenvalue weighted by Crippen LogP contribution is -2.42. The van der Waals surface area contributed by atoms with E-state index >= 15 is 0 Å². The number of carbonyl (C=O) groups is 2. The van der Waals surface area contributed by atoms with Crippen molar-refractivity contribution >= 4 is 27.7 Å². The molecule has 130 valence electrons. The van der Waals surface area contributed by atoms with Crippen LogP contribution in [0.2, 0.25) is 0 Å². The molecule has 8 nitrogen and oxygen atoms in total. The highest BCUT2D eigenvalue weighted by molar-refractivity contribution is 7.90. The lowest BCUT2D eigenvalue weighted by atomic mass is 10.1. The maximum Gasteiger partial charge on any atom is 0.326 e. The number of nitrogens with one attached hydrogen (secondary N) is 2. The third kappa shape index (κ3) is 4.10. The van der Waals surface area contributed by atoms with Crippen LogP contribution >= 0.6 is 0 Å². The number of hydrogen-bond acceptors (Lipinski definition) is 5. The Morgan fingerprint density at radius 1 is 1.33 bits per heavy atom. The average Bonchev–Trinajstić information content (AvgIpc) is 2.80. The van der Waals surface area contributed by atoms with E-state index < -0.39 is 27.9 Å². The third-order valence-electron chi connectivity index (χ3n) is 3.52. The molecule has 1 aromatic carbocycles. The number of carbonyl (C=O) groups excluding carboxylic acids is 1. The van der Waals surface area contributed by atoms with Crippen molar-refractivity contribution in [3.8, 4) is 0 Å². The molecule has 9 heteroatoms. The number of sulfonamides is 1. The van der Waals surface area contributed by atoms with E-state index in [1.54, 1.807) is 18.2 Å². The number of rotatable bonds is 7. The van der Waals surface area contributed by atoms with Crippen molar-refractivity contribution in [3.05, 3.63) is 29.8 Å². The van der Waals surface area contributed by atoms with Gasteiger partial charge in [0.05, 0.1) is 4.90 Å². The molecule has 0 aromatic heterocycles. The normalized spacial score (nSPS) is 17.8. The Hall–Kier alpha value is -2.42. The summed E-state index contributed by atoms with van der Waals surface area (Å²) in [7, 11) is -3.66. The molecule has 0 saturated heterocycles. The highest BCUT2D eigenvalue weighted by Crippen LogP contribution is 2.21. The van der Waals surface area contributed by atoms with Crippen LogP contribution in [0.3, 0.4) is 0 Å². The van der Waals surface area contributed by atoms with E-state index in [2.05, 4.69) is 15.0 Å². The summed E-state index contributed by atoms with van der Waals surface area (Å²) in [6, 6.07) is 5.34. The largest absolute Gasteiger partial charge is 0.480 e. The van der Waals surface area contributed by atoms with Crippen LogP contribution in [0.1, 0.15) is 31.7 Å². The van der Waals surface area contributed by atoms with Crippen LogP contribution in [0, 0.1) is 0 Å². The molecular weight excluding hydrogens is 334 g/mol. The van der Waals surface area contributed by atoms with Crippen molar-refractivity contribution in [2.45, 2.75) is 37.1 Å². The maximum absolute atomic E-state index is 11.9. The average molecular weight is 353 g/mol. The number of carboxylic acid groups (broad SMARTS) is 1. The predicted molar refractivity (Wildman–Crippen MR) is 87.3 cm³/mol. The summed E-state index contributed by atoms with van der Waals surface area (Å²) in [5.41, 5.74) is 0.395. The molecule has 1 heterocycles.